The maximum atomic E-state index is 11.8. The molecule has 0 fully saturated rings. The summed E-state index contributed by atoms with van der Waals surface area (Å²) in [5, 5.41) is 11.3. The zero-order chi connectivity index (χ0) is 14.3. The summed E-state index contributed by atoms with van der Waals surface area (Å²) in [5.41, 5.74) is 1.94. The third kappa shape index (κ3) is 5.41. The molecule has 1 amide bonds. The third-order valence-electron chi connectivity index (χ3n) is 2.78. The molecule has 2 N–H and O–H groups in total. The van der Waals surface area contributed by atoms with Crippen LogP contribution in [0.1, 0.15) is 36.7 Å². The lowest BCUT2D eigenvalue weighted by molar-refractivity contribution is 0.0838. The van der Waals surface area contributed by atoms with Crippen LogP contribution in [0.25, 0.3) is 0 Å². The fourth-order valence-corrected chi connectivity index (χ4v) is 1.63. The van der Waals surface area contributed by atoms with Crippen LogP contribution in [0.4, 0.5) is 0 Å². The average molecular weight is 265 g/mol. The van der Waals surface area contributed by atoms with Gasteiger partial charge in [-0.15, -0.1) is 0 Å². The van der Waals surface area contributed by atoms with E-state index in [2.05, 4.69) is 26.1 Å². The van der Waals surface area contributed by atoms with Crippen molar-refractivity contribution in [2.24, 2.45) is 0 Å². The molecule has 0 bridgehead atoms. The molecule has 0 aliphatic rings. The Bertz CT molecular complexity index is 393. The number of rotatable bonds is 6. The highest BCUT2D eigenvalue weighted by molar-refractivity contribution is 5.94. The summed E-state index contributed by atoms with van der Waals surface area (Å²) in [6.07, 6.45) is 0. The van der Waals surface area contributed by atoms with E-state index in [-0.39, 0.29) is 17.9 Å². The van der Waals surface area contributed by atoms with Gasteiger partial charge in [-0.2, -0.15) is 0 Å². The average Bonchev–Trinajstić information content (AvgIpc) is 2.37. The molecule has 0 spiro atoms. The molecule has 19 heavy (non-hydrogen) atoms. The van der Waals surface area contributed by atoms with Crippen LogP contribution in [0.15, 0.2) is 24.3 Å². The van der Waals surface area contributed by atoms with E-state index in [4.69, 9.17) is 9.84 Å². The van der Waals surface area contributed by atoms with E-state index >= 15 is 0 Å². The van der Waals surface area contributed by atoms with Crippen molar-refractivity contribution < 1.29 is 14.6 Å². The van der Waals surface area contributed by atoms with E-state index < -0.39 is 0 Å². The van der Waals surface area contributed by atoms with Gasteiger partial charge in [0.15, 0.2) is 0 Å². The smallest absolute Gasteiger partial charge is 0.251 e. The Balaban J connectivity index is 2.45. The number of carbonyl (C=O) groups excluding carboxylic acids is 1. The highest BCUT2D eigenvalue weighted by Gasteiger charge is 2.14. The third-order valence-corrected chi connectivity index (χ3v) is 2.78. The van der Waals surface area contributed by atoms with E-state index in [1.54, 1.807) is 0 Å². The number of amides is 1. The van der Waals surface area contributed by atoms with Crippen molar-refractivity contribution in [1.29, 1.82) is 0 Å². The van der Waals surface area contributed by atoms with Gasteiger partial charge in [0.1, 0.15) is 0 Å². The Hall–Kier alpha value is -1.39. The number of carbonyl (C=O) groups is 1. The molecule has 0 saturated heterocycles. The van der Waals surface area contributed by atoms with Crippen LogP contribution in [-0.2, 0) is 10.2 Å². The number of benzene rings is 1. The predicted octanol–water partition coefficient (Wildman–Crippen LogP) is 1.72. The minimum Gasteiger partial charge on any atom is -0.394 e. The van der Waals surface area contributed by atoms with Crippen LogP contribution in [-0.4, -0.2) is 37.4 Å². The second-order valence-corrected chi connectivity index (χ2v) is 5.42. The zero-order valence-corrected chi connectivity index (χ0v) is 11.9. The van der Waals surface area contributed by atoms with Crippen molar-refractivity contribution in [3.63, 3.8) is 0 Å². The number of hydrogen-bond acceptors (Lipinski definition) is 3. The zero-order valence-electron chi connectivity index (χ0n) is 11.9. The molecule has 0 radical (unpaired) electrons. The second-order valence-electron chi connectivity index (χ2n) is 5.42. The highest BCUT2D eigenvalue weighted by Crippen LogP contribution is 2.22. The lowest BCUT2D eigenvalue weighted by Gasteiger charge is -2.19. The molecule has 0 heterocycles. The SMILES string of the molecule is CC(C)(C)c1ccc(C(=O)NCCOCCO)cc1. The van der Waals surface area contributed by atoms with Crippen molar-refractivity contribution in [2.75, 3.05) is 26.4 Å². The molecule has 0 unspecified atom stereocenters. The quantitative estimate of drug-likeness (QED) is 0.770. The number of aliphatic hydroxyl groups excluding tert-OH is 1. The number of hydrogen-bond donors (Lipinski definition) is 2. The minimum atomic E-state index is -0.104. The van der Waals surface area contributed by atoms with Crippen LogP contribution < -0.4 is 5.32 Å². The van der Waals surface area contributed by atoms with Crippen molar-refractivity contribution in [1.82, 2.24) is 5.32 Å². The molecule has 0 aliphatic carbocycles. The van der Waals surface area contributed by atoms with Gasteiger partial charge in [0.25, 0.3) is 5.91 Å². The first-order valence-electron chi connectivity index (χ1n) is 6.52. The van der Waals surface area contributed by atoms with Gasteiger partial charge in [-0.3, -0.25) is 4.79 Å². The molecule has 1 rings (SSSR count). The van der Waals surface area contributed by atoms with Gasteiger partial charge < -0.3 is 15.2 Å². The van der Waals surface area contributed by atoms with Gasteiger partial charge in [0.05, 0.1) is 19.8 Å². The van der Waals surface area contributed by atoms with E-state index in [9.17, 15) is 4.79 Å². The summed E-state index contributed by atoms with van der Waals surface area (Å²) >= 11 is 0. The second kappa shape index (κ2) is 7.26. The van der Waals surface area contributed by atoms with Crippen LogP contribution in [0.3, 0.4) is 0 Å². The summed E-state index contributed by atoms with van der Waals surface area (Å²) in [6.45, 7) is 7.58. The lowest BCUT2D eigenvalue weighted by atomic mass is 9.87. The van der Waals surface area contributed by atoms with Crippen molar-refractivity contribution in [2.45, 2.75) is 26.2 Å². The standard InChI is InChI=1S/C15H23NO3/c1-15(2,3)13-6-4-12(5-7-13)14(18)16-8-10-19-11-9-17/h4-7,17H,8-11H2,1-3H3,(H,16,18). The van der Waals surface area contributed by atoms with Gasteiger partial charge in [0.2, 0.25) is 0 Å². The minimum absolute atomic E-state index is 0.00219. The molecule has 0 saturated carbocycles. The fraction of sp³-hybridized carbons (Fsp3) is 0.533. The van der Waals surface area contributed by atoms with E-state index in [1.165, 1.54) is 5.56 Å². The maximum absolute atomic E-state index is 11.8. The normalized spacial score (nSPS) is 11.4. The molecule has 1 aromatic carbocycles. The van der Waals surface area contributed by atoms with Crippen LogP contribution >= 0.6 is 0 Å². The van der Waals surface area contributed by atoms with Crippen molar-refractivity contribution >= 4 is 5.91 Å². The molecule has 4 nitrogen and oxygen atoms in total. The Morgan fingerprint density at radius 3 is 2.37 bits per heavy atom. The topological polar surface area (TPSA) is 58.6 Å². The summed E-state index contributed by atoms with van der Waals surface area (Å²) in [7, 11) is 0. The van der Waals surface area contributed by atoms with Crippen molar-refractivity contribution in [3.8, 4) is 0 Å². The van der Waals surface area contributed by atoms with Crippen LogP contribution in [0.5, 0.6) is 0 Å². The van der Waals surface area contributed by atoms with Crippen LogP contribution in [0.2, 0.25) is 0 Å². The molecule has 1 aromatic rings. The van der Waals surface area contributed by atoms with E-state index in [0.29, 0.717) is 25.3 Å². The molecule has 0 aliphatic heterocycles. The van der Waals surface area contributed by atoms with E-state index in [0.717, 1.165) is 0 Å². The summed E-state index contributed by atoms with van der Waals surface area (Å²) in [5.74, 6) is -0.104. The number of nitrogens with one attached hydrogen (secondary N) is 1. The van der Waals surface area contributed by atoms with Crippen LogP contribution in [0, 0.1) is 0 Å². The molecule has 0 atom stereocenters. The molecular weight excluding hydrogens is 242 g/mol. The largest absolute Gasteiger partial charge is 0.394 e. The first-order valence-corrected chi connectivity index (χ1v) is 6.52. The summed E-state index contributed by atoms with van der Waals surface area (Å²) in [4.78, 5) is 11.8. The summed E-state index contributed by atoms with van der Waals surface area (Å²) in [6, 6.07) is 7.64. The van der Waals surface area contributed by atoms with Gasteiger partial charge in [-0.25, -0.2) is 0 Å². The molecule has 106 valence electrons. The fourth-order valence-electron chi connectivity index (χ4n) is 1.63. The lowest BCUT2D eigenvalue weighted by Crippen LogP contribution is -2.27. The predicted molar refractivity (Wildman–Crippen MR) is 75.4 cm³/mol. The Morgan fingerprint density at radius 1 is 1.21 bits per heavy atom. The Labute approximate surface area is 114 Å². The monoisotopic (exact) mass is 265 g/mol. The maximum Gasteiger partial charge on any atom is 0.251 e. The van der Waals surface area contributed by atoms with Gasteiger partial charge in [0, 0.05) is 12.1 Å². The van der Waals surface area contributed by atoms with E-state index in [1.807, 2.05) is 24.3 Å². The Morgan fingerprint density at radius 2 is 1.84 bits per heavy atom. The van der Waals surface area contributed by atoms with Gasteiger partial charge in [-0.1, -0.05) is 32.9 Å². The van der Waals surface area contributed by atoms with Crippen molar-refractivity contribution in [3.05, 3.63) is 35.4 Å². The highest BCUT2D eigenvalue weighted by atomic mass is 16.5. The number of ether oxygens (including phenoxy) is 1. The van der Waals surface area contributed by atoms with Gasteiger partial charge in [-0.05, 0) is 23.1 Å². The van der Waals surface area contributed by atoms with Gasteiger partial charge >= 0.3 is 0 Å². The molecule has 0 aromatic heterocycles. The summed E-state index contributed by atoms with van der Waals surface area (Å²) < 4.78 is 5.07. The Kier molecular flexibility index (Phi) is 5.99. The molecular formula is C15H23NO3. The first-order chi connectivity index (χ1) is 8.95. The first kappa shape index (κ1) is 15.7. The molecule has 4 heteroatoms. The number of aliphatic hydroxyl groups is 1.